The van der Waals surface area contributed by atoms with Gasteiger partial charge in [-0.25, -0.2) is 4.98 Å². The molecule has 2 heterocycles. The van der Waals surface area contributed by atoms with Crippen LogP contribution in [0.15, 0.2) is 47.8 Å². The van der Waals surface area contributed by atoms with Gasteiger partial charge in [-0.2, -0.15) is 0 Å². The van der Waals surface area contributed by atoms with E-state index < -0.39 is 0 Å². The van der Waals surface area contributed by atoms with E-state index in [1.807, 2.05) is 24.3 Å². The normalized spacial score (nSPS) is 13.9. The molecule has 3 nitrogen and oxygen atoms in total. The summed E-state index contributed by atoms with van der Waals surface area (Å²) >= 11 is 7.76. The Hall–Kier alpha value is -1.88. The molecule has 0 aliphatic carbocycles. The second kappa shape index (κ2) is 6.55. The van der Waals surface area contributed by atoms with Crippen molar-refractivity contribution in [2.24, 2.45) is 0 Å². The van der Waals surface area contributed by atoms with Crippen LogP contribution in [-0.2, 0) is 19.6 Å². The third-order valence-electron chi connectivity index (χ3n) is 4.21. The highest BCUT2D eigenvalue weighted by molar-refractivity contribution is 7.13. The highest BCUT2D eigenvalue weighted by Crippen LogP contribution is 2.30. The van der Waals surface area contributed by atoms with Gasteiger partial charge in [0.1, 0.15) is 10.8 Å². The minimum atomic E-state index is 0.810. The fourth-order valence-corrected chi connectivity index (χ4v) is 4.05. The summed E-state index contributed by atoms with van der Waals surface area (Å²) in [7, 11) is 1.68. The maximum atomic E-state index is 6.09. The molecular weight excluding hydrogens is 340 g/mol. The fraction of sp³-hybridized carbons (Fsp3) is 0.211. The zero-order valence-electron chi connectivity index (χ0n) is 13.3. The number of ether oxygens (including phenoxy) is 1. The molecular formula is C19H17ClN2OS. The maximum absolute atomic E-state index is 6.09. The maximum Gasteiger partial charge on any atom is 0.123 e. The van der Waals surface area contributed by atoms with Crippen molar-refractivity contribution in [3.63, 3.8) is 0 Å². The van der Waals surface area contributed by atoms with E-state index in [-0.39, 0.29) is 0 Å². The Morgan fingerprint density at radius 3 is 2.92 bits per heavy atom. The molecule has 5 heteroatoms. The second-order valence-corrected chi connectivity index (χ2v) is 7.23. The average molecular weight is 357 g/mol. The smallest absolute Gasteiger partial charge is 0.123 e. The zero-order chi connectivity index (χ0) is 16.5. The number of hydrogen-bond donors (Lipinski definition) is 0. The monoisotopic (exact) mass is 356 g/mol. The summed E-state index contributed by atoms with van der Waals surface area (Å²) < 4.78 is 5.29. The number of aromatic nitrogens is 1. The average Bonchev–Trinajstić information content (AvgIpc) is 3.21. The van der Waals surface area contributed by atoms with Crippen molar-refractivity contribution in [1.82, 2.24) is 9.88 Å². The lowest BCUT2D eigenvalue weighted by atomic mass is 10.1. The van der Waals surface area contributed by atoms with E-state index in [2.05, 4.69) is 28.5 Å². The molecule has 0 spiro atoms. The lowest BCUT2D eigenvalue weighted by Gasteiger charge is -2.12. The van der Waals surface area contributed by atoms with Crippen molar-refractivity contribution in [3.8, 4) is 16.3 Å². The first-order valence-corrected chi connectivity index (χ1v) is 9.05. The van der Waals surface area contributed by atoms with Crippen molar-refractivity contribution < 1.29 is 4.74 Å². The molecule has 1 aliphatic heterocycles. The minimum absolute atomic E-state index is 0.810. The number of methoxy groups -OCH3 is 1. The van der Waals surface area contributed by atoms with Gasteiger partial charge in [-0.3, -0.25) is 4.90 Å². The molecule has 3 aromatic rings. The summed E-state index contributed by atoms with van der Waals surface area (Å²) in [6, 6.07) is 14.2. The Morgan fingerprint density at radius 1 is 1.17 bits per heavy atom. The highest BCUT2D eigenvalue weighted by atomic mass is 35.5. The van der Waals surface area contributed by atoms with E-state index in [1.165, 1.54) is 11.1 Å². The molecule has 0 saturated heterocycles. The number of benzene rings is 2. The Labute approximate surface area is 150 Å². The van der Waals surface area contributed by atoms with E-state index in [1.54, 1.807) is 18.4 Å². The molecule has 0 saturated carbocycles. The SMILES string of the molecule is COc1cccc(-c2nc(CN3Cc4ccc(Cl)cc4C3)cs2)c1. The second-order valence-electron chi connectivity index (χ2n) is 5.93. The zero-order valence-corrected chi connectivity index (χ0v) is 14.9. The summed E-state index contributed by atoms with van der Waals surface area (Å²) in [6.07, 6.45) is 0. The molecule has 122 valence electrons. The van der Waals surface area contributed by atoms with Gasteiger partial charge in [0.05, 0.1) is 12.8 Å². The molecule has 1 aromatic heterocycles. The first-order valence-electron chi connectivity index (χ1n) is 7.80. The van der Waals surface area contributed by atoms with Crippen LogP contribution in [0.5, 0.6) is 5.75 Å². The predicted molar refractivity (Wildman–Crippen MR) is 98.5 cm³/mol. The summed E-state index contributed by atoms with van der Waals surface area (Å²) in [5.41, 5.74) is 4.90. The van der Waals surface area contributed by atoms with Crippen LogP contribution in [0.2, 0.25) is 5.02 Å². The topological polar surface area (TPSA) is 25.4 Å². The number of hydrogen-bond acceptors (Lipinski definition) is 4. The van der Waals surface area contributed by atoms with Gasteiger partial charge in [0, 0.05) is 35.6 Å². The molecule has 0 N–H and O–H groups in total. The molecule has 2 aromatic carbocycles. The van der Waals surface area contributed by atoms with E-state index in [0.29, 0.717) is 0 Å². The van der Waals surface area contributed by atoms with Crippen LogP contribution in [0.25, 0.3) is 10.6 Å². The number of thiazole rings is 1. The van der Waals surface area contributed by atoms with E-state index in [0.717, 1.165) is 46.7 Å². The molecule has 0 unspecified atom stereocenters. The van der Waals surface area contributed by atoms with Gasteiger partial charge in [-0.15, -0.1) is 11.3 Å². The molecule has 1 aliphatic rings. The van der Waals surface area contributed by atoms with E-state index in [9.17, 15) is 0 Å². The van der Waals surface area contributed by atoms with Gasteiger partial charge in [0.25, 0.3) is 0 Å². The van der Waals surface area contributed by atoms with Crippen LogP contribution in [-0.4, -0.2) is 17.0 Å². The van der Waals surface area contributed by atoms with Gasteiger partial charge < -0.3 is 4.74 Å². The third-order valence-corrected chi connectivity index (χ3v) is 5.39. The van der Waals surface area contributed by atoms with E-state index in [4.69, 9.17) is 21.3 Å². The number of halogens is 1. The number of rotatable bonds is 4. The van der Waals surface area contributed by atoms with Crippen LogP contribution in [0.4, 0.5) is 0 Å². The Morgan fingerprint density at radius 2 is 2.04 bits per heavy atom. The first-order chi connectivity index (χ1) is 11.7. The molecule has 0 fully saturated rings. The predicted octanol–water partition coefficient (Wildman–Crippen LogP) is 4.99. The Balaban J connectivity index is 1.48. The van der Waals surface area contributed by atoms with Gasteiger partial charge in [0.15, 0.2) is 0 Å². The summed E-state index contributed by atoms with van der Waals surface area (Å²) in [5, 5.41) is 3.98. The fourth-order valence-electron chi connectivity index (χ4n) is 3.04. The van der Waals surface area contributed by atoms with Crippen molar-refractivity contribution in [2.45, 2.75) is 19.6 Å². The van der Waals surface area contributed by atoms with Crippen molar-refractivity contribution in [1.29, 1.82) is 0 Å². The molecule has 4 rings (SSSR count). The van der Waals surface area contributed by atoms with Crippen LogP contribution < -0.4 is 4.74 Å². The van der Waals surface area contributed by atoms with Gasteiger partial charge in [-0.1, -0.05) is 29.8 Å². The standard InChI is InChI=1S/C19H17ClN2OS/c1-23-18-4-2-3-13(8-18)19-21-17(12-24-19)11-22-9-14-5-6-16(20)7-15(14)10-22/h2-8,12H,9-11H2,1H3. The number of nitrogens with zero attached hydrogens (tertiary/aromatic N) is 2. The molecule has 0 amide bonds. The molecule has 0 radical (unpaired) electrons. The van der Waals surface area contributed by atoms with Crippen LogP contribution in [0, 0.1) is 0 Å². The molecule has 24 heavy (non-hydrogen) atoms. The quantitative estimate of drug-likeness (QED) is 0.658. The lowest BCUT2D eigenvalue weighted by Crippen LogP contribution is -2.15. The highest BCUT2D eigenvalue weighted by Gasteiger charge is 2.20. The van der Waals surface area contributed by atoms with Gasteiger partial charge in [0.2, 0.25) is 0 Å². The number of fused-ring (bicyclic) bond motifs is 1. The third kappa shape index (κ3) is 3.18. The van der Waals surface area contributed by atoms with Gasteiger partial charge in [-0.05, 0) is 35.4 Å². The Bertz CT molecular complexity index is 877. The summed E-state index contributed by atoms with van der Waals surface area (Å²) in [5.74, 6) is 0.858. The molecule has 0 bridgehead atoms. The Kier molecular flexibility index (Phi) is 4.27. The minimum Gasteiger partial charge on any atom is -0.497 e. The van der Waals surface area contributed by atoms with Crippen molar-refractivity contribution in [3.05, 3.63) is 69.7 Å². The van der Waals surface area contributed by atoms with E-state index >= 15 is 0 Å². The summed E-state index contributed by atoms with van der Waals surface area (Å²) in [6.45, 7) is 2.74. The van der Waals surface area contributed by atoms with Crippen LogP contribution >= 0.6 is 22.9 Å². The van der Waals surface area contributed by atoms with Crippen LogP contribution in [0.3, 0.4) is 0 Å². The van der Waals surface area contributed by atoms with Crippen molar-refractivity contribution in [2.75, 3.05) is 7.11 Å². The lowest BCUT2D eigenvalue weighted by molar-refractivity contribution is 0.272. The largest absolute Gasteiger partial charge is 0.497 e. The first kappa shape index (κ1) is 15.6. The van der Waals surface area contributed by atoms with Gasteiger partial charge >= 0.3 is 0 Å². The summed E-state index contributed by atoms with van der Waals surface area (Å²) in [4.78, 5) is 7.19. The molecule has 0 atom stereocenters. The van der Waals surface area contributed by atoms with Crippen molar-refractivity contribution >= 4 is 22.9 Å². The van der Waals surface area contributed by atoms with Crippen LogP contribution in [0.1, 0.15) is 16.8 Å².